The van der Waals surface area contributed by atoms with E-state index in [1.54, 1.807) is 12.3 Å². The molecule has 1 heterocycles. The van der Waals surface area contributed by atoms with E-state index in [4.69, 9.17) is 0 Å². The van der Waals surface area contributed by atoms with Crippen molar-refractivity contribution >= 4 is 12.1 Å². The molecule has 0 atom stereocenters. The van der Waals surface area contributed by atoms with Gasteiger partial charge in [-0.3, -0.25) is 9.89 Å². The molecule has 1 aromatic heterocycles. The minimum absolute atomic E-state index is 0.328. The smallest absolute Gasteiger partial charge is 0.282 e. The van der Waals surface area contributed by atoms with Crippen molar-refractivity contribution in [2.24, 2.45) is 5.10 Å². The van der Waals surface area contributed by atoms with Crippen LogP contribution < -0.4 is 5.43 Å². The van der Waals surface area contributed by atoms with Crippen LogP contribution in [0.25, 0.3) is 0 Å². The summed E-state index contributed by atoms with van der Waals surface area (Å²) in [5.41, 5.74) is 5.67. The van der Waals surface area contributed by atoms with Crippen LogP contribution in [0.4, 0.5) is 0 Å². The second-order valence-corrected chi connectivity index (χ2v) is 3.99. The van der Waals surface area contributed by atoms with Gasteiger partial charge in [0.1, 0.15) is 0 Å². The topological polar surface area (TPSA) is 70.1 Å². The van der Waals surface area contributed by atoms with Crippen molar-refractivity contribution in [1.82, 2.24) is 15.6 Å². The molecule has 0 aliphatic carbocycles. The summed E-state index contributed by atoms with van der Waals surface area (Å²) in [5.74, 6) is -0.329. The highest BCUT2D eigenvalue weighted by Gasteiger charge is 2.07. The molecule has 0 bridgehead atoms. The number of carbonyl (C=O) groups is 1. The van der Waals surface area contributed by atoms with Crippen LogP contribution in [-0.4, -0.2) is 22.3 Å². The lowest BCUT2D eigenvalue weighted by atomic mass is 10.1. The number of aromatic amines is 1. The summed E-state index contributed by atoms with van der Waals surface area (Å²) < 4.78 is 0. The monoisotopic (exact) mass is 242 g/mol. The lowest BCUT2D eigenvalue weighted by Crippen LogP contribution is -2.18. The van der Waals surface area contributed by atoms with Gasteiger partial charge in [0.15, 0.2) is 5.69 Å². The van der Waals surface area contributed by atoms with Crippen molar-refractivity contribution in [3.05, 3.63) is 52.8 Å². The Bertz CT molecular complexity index is 586. The zero-order valence-electron chi connectivity index (χ0n) is 10.3. The predicted molar refractivity (Wildman–Crippen MR) is 69.6 cm³/mol. The molecule has 2 aromatic rings. The summed E-state index contributed by atoms with van der Waals surface area (Å²) in [7, 11) is 0. The van der Waals surface area contributed by atoms with E-state index < -0.39 is 0 Å². The Morgan fingerprint density at radius 2 is 2.17 bits per heavy atom. The number of carbonyl (C=O) groups excluding carboxylic acids is 1. The standard InChI is InChI=1S/C13H14N4O/c1-9-5-3-4-6-11(9)8-14-17-13(18)12-7-10(2)15-16-12/h3-8H,1-2H3,(H,15,16)(H,17,18)/b14-8-. The maximum atomic E-state index is 11.6. The summed E-state index contributed by atoms with van der Waals surface area (Å²) in [5, 5.41) is 10.5. The summed E-state index contributed by atoms with van der Waals surface area (Å²) in [4.78, 5) is 11.6. The summed E-state index contributed by atoms with van der Waals surface area (Å²) >= 11 is 0. The van der Waals surface area contributed by atoms with Gasteiger partial charge < -0.3 is 0 Å². The molecule has 1 amide bonds. The second kappa shape index (κ2) is 5.27. The highest BCUT2D eigenvalue weighted by Crippen LogP contribution is 2.03. The number of aryl methyl sites for hydroxylation is 2. The molecular weight excluding hydrogens is 228 g/mol. The van der Waals surface area contributed by atoms with Crippen molar-refractivity contribution in [1.29, 1.82) is 0 Å². The van der Waals surface area contributed by atoms with Gasteiger partial charge in [-0.25, -0.2) is 5.43 Å². The zero-order chi connectivity index (χ0) is 13.0. The van der Waals surface area contributed by atoms with Gasteiger partial charge >= 0.3 is 0 Å². The molecule has 2 N–H and O–H groups in total. The van der Waals surface area contributed by atoms with Crippen LogP contribution >= 0.6 is 0 Å². The normalized spacial score (nSPS) is 10.8. The fourth-order valence-corrected chi connectivity index (χ4v) is 1.48. The Labute approximate surface area is 105 Å². The highest BCUT2D eigenvalue weighted by molar-refractivity contribution is 5.93. The SMILES string of the molecule is Cc1cc(C(=O)N/N=C\c2ccccc2C)n[nH]1. The number of hydrogen-bond donors (Lipinski definition) is 2. The van der Waals surface area contributed by atoms with E-state index >= 15 is 0 Å². The average Bonchev–Trinajstić information content (AvgIpc) is 2.78. The van der Waals surface area contributed by atoms with Crippen molar-refractivity contribution in [3.63, 3.8) is 0 Å². The van der Waals surface area contributed by atoms with Crippen molar-refractivity contribution < 1.29 is 4.79 Å². The number of amides is 1. The lowest BCUT2D eigenvalue weighted by Gasteiger charge is -1.98. The van der Waals surface area contributed by atoms with Gasteiger partial charge in [-0.2, -0.15) is 10.2 Å². The Balaban J connectivity index is 2.00. The molecule has 0 aliphatic heterocycles. The van der Waals surface area contributed by atoms with Gasteiger partial charge in [0, 0.05) is 5.69 Å². The third-order valence-corrected chi connectivity index (χ3v) is 2.50. The number of rotatable bonds is 3. The molecule has 0 saturated heterocycles. The van der Waals surface area contributed by atoms with Gasteiger partial charge in [0.2, 0.25) is 0 Å². The third kappa shape index (κ3) is 2.82. The van der Waals surface area contributed by atoms with Gasteiger partial charge in [0.25, 0.3) is 5.91 Å². The van der Waals surface area contributed by atoms with Gasteiger partial charge in [0.05, 0.1) is 6.21 Å². The molecule has 92 valence electrons. The van der Waals surface area contributed by atoms with E-state index in [9.17, 15) is 4.79 Å². The molecule has 5 heteroatoms. The van der Waals surface area contributed by atoms with E-state index in [1.165, 1.54) is 0 Å². The molecule has 0 saturated carbocycles. The van der Waals surface area contributed by atoms with Crippen molar-refractivity contribution in [2.45, 2.75) is 13.8 Å². The Morgan fingerprint density at radius 1 is 1.39 bits per heavy atom. The number of aromatic nitrogens is 2. The van der Waals surface area contributed by atoms with Crippen LogP contribution in [-0.2, 0) is 0 Å². The van der Waals surface area contributed by atoms with Crippen molar-refractivity contribution in [3.8, 4) is 0 Å². The van der Waals surface area contributed by atoms with E-state index in [0.29, 0.717) is 5.69 Å². The molecule has 0 radical (unpaired) electrons. The minimum Gasteiger partial charge on any atom is -0.282 e. The maximum Gasteiger partial charge on any atom is 0.291 e. The molecule has 5 nitrogen and oxygen atoms in total. The van der Waals surface area contributed by atoms with Crippen LogP contribution in [0.15, 0.2) is 35.4 Å². The molecule has 1 aromatic carbocycles. The maximum absolute atomic E-state index is 11.6. The average molecular weight is 242 g/mol. The Morgan fingerprint density at radius 3 is 2.83 bits per heavy atom. The number of hydrogen-bond acceptors (Lipinski definition) is 3. The van der Waals surface area contributed by atoms with Crippen LogP contribution in [0.1, 0.15) is 27.3 Å². The first-order chi connectivity index (χ1) is 8.66. The largest absolute Gasteiger partial charge is 0.291 e. The lowest BCUT2D eigenvalue weighted by molar-refractivity contribution is 0.0950. The van der Waals surface area contributed by atoms with E-state index in [-0.39, 0.29) is 5.91 Å². The quantitative estimate of drug-likeness (QED) is 0.636. The Kier molecular flexibility index (Phi) is 3.52. The number of nitrogens with zero attached hydrogens (tertiary/aromatic N) is 2. The molecule has 0 unspecified atom stereocenters. The summed E-state index contributed by atoms with van der Waals surface area (Å²) in [6.45, 7) is 3.82. The number of H-pyrrole nitrogens is 1. The van der Waals surface area contributed by atoms with E-state index in [1.807, 2.05) is 38.1 Å². The minimum atomic E-state index is -0.329. The molecule has 18 heavy (non-hydrogen) atoms. The first-order valence-corrected chi connectivity index (χ1v) is 5.58. The summed E-state index contributed by atoms with van der Waals surface area (Å²) in [6.07, 6.45) is 1.62. The molecule has 0 aliphatic rings. The number of hydrazone groups is 1. The van der Waals surface area contributed by atoms with Crippen LogP contribution in [0.3, 0.4) is 0 Å². The Hall–Kier alpha value is -2.43. The van der Waals surface area contributed by atoms with E-state index in [0.717, 1.165) is 16.8 Å². The van der Waals surface area contributed by atoms with Crippen LogP contribution in [0.5, 0.6) is 0 Å². The first-order valence-electron chi connectivity index (χ1n) is 5.58. The fraction of sp³-hybridized carbons (Fsp3) is 0.154. The summed E-state index contributed by atoms with van der Waals surface area (Å²) in [6, 6.07) is 9.47. The highest BCUT2D eigenvalue weighted by atomic mass is 16.2. The second-order valence-electron chi connectivity index (χ2n) is 3.99. The predicted octanol–water partition coefficient (Wildman–Crippen LogP) is 1.79. The molecule has 2 rings (SSSR count). The van der Waals surface area contributed by atoms with Crippen LogP contribution in [0.2, 0.25) is 0 Å². The van der Waals surface area contributed by atoms with Gasteiger partial charge in [-0.05, 0) is 31.0 Å². The van der Waals surface area contributed by atoms with Crippen molar-refractivity contribution in [2.75, 3.05) is 0 Å². The zero-order valence-corrected chi connectivity index (χ0v) is 10.3. The van der Waals surface area contributed by atoms with Gasteiger partial charge in [-0.15, -0.1) is 0 Å². The first kappa shape index (κ1) is 12.0. The van der Waals surface area contributed by atoms with Gasteiger partial charge in [-0.1, -0.05) is 24.3 Å². The molecule has 0 spiro atoms. The number of benzene rings is 1. The van der Waals surface area contributed by atoms with E-state index in [2.05, 4.69) is 20.7 Å². The van der Waals surface area contributed by atoms with Crippen LogP contribution in [0, 0.1) is 13.8 Å². The fourth-order valence-electron chi connectivity index (χ4n) is 1.48. The number of nitrogens with one attached hydrogen (secondary N) is 2. The molecular formula is C13H14N4O. The molecule has 0 fully saturated rings. The third-order valence-electron chi connectivity index (χ3n) is 2.50.